The predicted octanol–water partition coefficient (Wildman–Crippen LogP) is 2.99. The van der Waals surface area contributed by atoms with Crippen LogP contribution in [0.3, 0.4) is 0 Å². The zero-order chi connectivity index (χ0) is 14.9. The van der Waals surface area contributed by atoms with Crippen LogP contribution in [0.4, 0.5) is 9.93 Å². The average molecular weight is 298 g/mol. The fourth-order valence-electron chi connectivity index (χ4n) is 2.10. The molecule has 0 radical (unpaired) electrons. The molecular weight excluding hydrogens is 280 g/mol. The summed E-state index contributed by atoms with van der Waals surface area (Å²) in [7, 11) is 0. The molecule has 0 bridgehead atoms. The lowest BCUT2D eigenvalue weighted by molar-refractivity contribution is -0.139. The Kier molecular flexibility index (Phi) is 3.99. The Hall–Kier alpha value is -1.63. The van der Waals surface area contributed by atoms with Gasteiger partial charge in [-0.3, -0.25) is 10.1 Å². The van der Waals surface area contributed by atoms with Crippen molar-refractivity contribution < 1.29 is 19.4 Å². The number of carbonyl (C=O) groups is 2. The van der Waals surface area contributed by atoms with Gasteiger partial charge in [0.25, 0.3) is 0 Å². The van der Waals surface area contributed by atoms with Crippen LogP contribution in [0.5, 0.6) is 0 Å². The third-order valence-corrected chi connectivity index (χ3v) is 3.91. The van der Waals surface area contributed by atoms with Crippen molar-refractivity contribution in [2.45, 2.75) is 51.6 Å². The molecule has 1 atom stereocenters. The van der Waals surface area contributed by atoms with Crippen molar-refractivity contribution in [1.29, 1.82) is 0 Å². The van der Waals surface area contributed by atoms with E-state index in [1.807, 2.05) is 0 Å². The number of aryl methyl sites for hydroxylation is 1. The summed E-state index contributed by atoms with van der Waals surface area (Å²) in [6.45, 7) is 5.33. The Bertz CT molecular complexity index is 533. The molecule has 1 aliphatic carbocycles. The Labute approximate surface area is 121 Å². The summed E-state index contributed by atoms with van der Waals surface area (Å²) in [5.41, 5.74) is 0.00435. The first-order valence-corrected chi connectivity index (χ1v) is 7.30. The number of anilines is 1. The highest BCUT2D eigenvalue weighted by Gasteiger charge is 2.30. The lowest BCUT2D eigenvalue weighted by Crippen LogP contribution is -2.27. The molecule has 0 unspecified atom stereocenters. The van der Waals surface area contributed by atoms with Crippen molar-refractivity contribution in [1.82, 2.24) is 4.98 Å². The number of carbonyl (C=O) groups excluding carboxylic acids is 1. The third kappa shape index (κ3) is 3.47. The third-order valence-electron chi connectivity index (χ3n) is 2.86. The SMILES string of the molecule is CC(C)(C)OC(=O)Nc1nc2c(s1)CCC[C@@H]2C(=O)O. The second kappa shape index (κ2) is 5.40. The number of fused-ring (bicyclic) bond motifs is 1. The van der Waals surface area contributed by atoms with Crippen molar-refractivity contribution in [2.24, 2.45) is 0 Å². The Morgan fingerprint density at radius 2 is 2.15 bits per heavy atom. The maximum atomic E-state index is 11.7. The average Bonchev–Trinajstić information content (AvgIpc) is 2.67. The Morgan fingerprint density at radius 1 is 1.45 bits per heavy atom. The maximum absolute atomic E-state index is 11.7. The van der Waals surface area contributed by atoms with E-state index in [-0.39, 0.29) is 0 Å². The lowest BCUT2D eigenvalue weighted by atomic mass is 9.91. The summed E-state index contributed by atoms with van der Waals surface area (Å²) in [5, 5.41) is 12.2. The minimum absolute atomic E-state index is 0.400. The van der Waals surface area contributed by atoms with Crippen LogP contribution in [-0.4, -0.2) is 27.8 Å². The fourth-order valence-corrected chi connectivity index (χ4v) is 3.15. The number of nitrogens with one attached hydrogen (secondary N) is 1. The Morgan fingerprint density at radius 3 is 2.75 bits per heavy atom. The van der Waals surface area contributed by atoms with Crippen LogP contribution in [0.1, 0.15) is 50.1 Å². The molecule has 6 nitrogen and oxygen atoms in total. The van der Waals surface area contributed by atoms with Gasteiger partial charge in [-0.1, -0.05) is 0 Å². The van der Waals surface area contributed by atoms with Crippen molar-refractivity contribution in [3.05, 3.63) is 10.6 Å². The van der Waals surface area contributed by atoms with Gasteiger partial charge >= 0.3 is 12.1 Å². The van der Waals surface area contributed by atoms with E-state index < -0.39 is 23.6 Å². The van der Waals surface area contributed by atoms with Gasteiger partial charge in [0.15, 0.2) is 5.13 Å². The zero-order valence-corrected chi connectivity index (χ0v) is 12.5. The molecule has 0 saturated heterocycles. The highest BCUT2D eigenvalue weighted by molar-refractivity contribution is 7.15. The predicted molar refractivity (Wildman–Crippen MR) is 75.3 cm³/mol. The van der Waals surface area contributed by atoms with Gasteiger partial charge in [0.1, 0.15) is 11.5 Å². The first-order valence-electron chi connectivity index (χ1n) is 6.48. The van der Waals surface area contributed by atoms with E-state index in [1.165, 1.54) is 11.3 Å². The standard InChI is InChI=1S/C13H18N2O4S/c1-13(2,3)19-12(18)15-11-14-9-7(10(16)17)5-4-6-8(9)20-11/h7H,4-6H2,1-3H3,(H,16,17)(H,14,15,18)/t7-/m0/s1. The summed E-state index contributed by atoms with van der Waals surface area (Å²) in [6.07, 6.45) is 1.67. The summed E-state index contributed by atoms with van der Waals surface area (Å²) in [4.78, 5) is 28.1. The van der Waals surface area contributed by atoms with E-state index in [2.05, 4.69) is 10.3 Å². The number of carboxylic acid groups (broad SMARTS) is 1. The number of nitrogens with zero attached hydrogens (tertiary/aromatic N) is 1. The van der Waals surface area contributed by atoms with Crippen LogP contribution in [-0.2, 0) is 16.0 Å². The van der Waals surface area contributed by atoms with Crippen LogP contribution in [0.15, 0.2) is 0 Å². The number of rotatable bonds is 2. The monoisotopic (exact) mass is 298 g/mol. The smallest absolute Gasteiger partial charge is 0.413 e. The van der Waals surface area contributed by atoms with Crippen LogP contribution < -0.4 is 5.32 Å². The number of amides is 1. The molecule has 0 aliphatic heterocycles. The van der Waals surface area contributed by atoms with E-state index in [0.29, 0.717) is 17.2 Å². The Balaban J connectivity index is 2.12. The summed E-state index contributed by atoms with van der Waals surface area (Å²) >= 11 is 1.32. The quantitative estimate of drug-likeness (QED) is 0.876. The first kappa shape index (κ1) is 14.8. The topological polar surface area (TPSA) is 88.5 Å². The second-order valence-corrected chi connectivity index (χ2v) is 6.82. The molecule has 1 heterocycles. The number of thiazole rings is 1. The van der Waals surface area contributed by atoms with Gasteiger partial charge in [-0.25, -0.2) is 9.78 Å². The van der Waals surface area contributed by atoms with Gasteiger partial charge in [0.05, 0.1) is 5.69 Å². The van der Waals surface area contributed by atoms with Gasteiger partial charge in [-0.15, -0.1) is 11.3 Å². The molecule has 0 fully saturated rings. The van der Waals surface area contributed by atoms with Crippen molar-refractivity contribution in [2.75, 3.05) is 5.32 Å². The molecule has 2 rings (SSSR count). The molecule has 2 N–H and O–H groups in total. The molecule has 1 amide bonds. The van der Waals surface area contributed by atoms with Crippen LogP contribution in [0, 0.1) is 0 Å². The summed E-state index contributed by atoms with van der Waals surface area (Å²) in [5.74, 6) is -1.43. The van der Waals surface area contributed by atoms with E-state index in [1.54, 1.807) is 20.8 Å². The largest absolute Gasteiger partial charge is 0.481 e. The lowest BCUT2D eigenvalue weighted by Gasteiger charge is -2.18. The van der Waals surface area contributed by atoms with Crippen molar-refractivity contribution in [3.8, 4) is 0 Å². The van der Waals surface area contributed by atoms with E-state index in [4.69, 9.17) is 4.74 Å². The number of aromatic nitrogens is 1. The highest BCUT2D eigenvalue weighted by atomic mass is 32.1. The first-order chi connectivity index (χ1) is 9.26. The van der Waals surface area contributed by atoms with Gasteiger partial charge < -0.3 is 9.84 Å². The number of ether oxygens (including phenoxy) is 1. The van der Waals surface area contributed by atoms with Crippen LogP contribution >= 0.6 is 11.3 Å². The molecule has 110 valence electrons. The second-order valence-electron chi connectivity index (χ2n) is 5.74. The molecule has 1 aliphatic rings. The van der Waals surface area contributed by atoms with Gasteiger partial charge in [-0.05, 0) is 40.0 Å². The van der Waals surface area contributed by atoms with Crippen LogP contribution in [0.25, 0.3) is 0 Å². The normalized spacial score (nSPS) is 18.2. The number of hydrogen-bond donors (Lipinski definition) is 2. The minimum atomic E-state index is -0.861. The molecule has 7 heteroatoms. The number of carboxylic acids is 1. The van der Waals surface area contributed by atoms with E-state index in [0.717, 1.165) is 17.7 Å². The highest BCUT2D eigenvalue weighted by Crippen LogP contribution is 2.36. The van der Waals surface area contributed by atoms with Gasteiger partial charge in [0, 0.05) is 4.88 Å². The van der Waals surface area contributed by atoms with E-state index >= 15 is 0 Å². The fraction of sp³-hybridized carbons (Fsp3) is 0.615. The van der Waals surface area contributed by atoms with E-state index in [9.17, 15) is 14.7 Å². The zero-order valence-electron chi connectivity index (χ0n) is 11.7. The maximum Gasteiger partial charge on any atom is 0.413 e. The number of aliphatic carboxylic acids is 1. The summed E-state index contributed by atoms with van der Waals surface area (Å²) < 4.78 is 5.15. The van der Waals surface area contributed by atoms with Gasteiger partial charge in [-0.2, -0.15) is 0 Å². The number of hydrogen-bond acceptors (Lipinski definition) is 5. The molecular formula is C13H18N2O4S. The molecule has 1 aromatic heterocycles. The summed E-state index contributed by atoms with van der Waals surface area (Å²) in [6, 6.07) is 0. The molecule has 0 saturated carbocycles. The van der Waals surface area contributed by atoms with Crippen molar-refractivity contribution >= 4 is 28.5 Å². The van der Waals surface area contributed by atoms with Crippen molar-refractivity contribution in [3.63, 3.8) is 0 Å². The molecule has 0 aromatic carbocycles. The van der Waals surface area contributed by atoms with Crippen LogP contribution in [0.2, 0.25) is 0 Å². The van der Waals surface area contributed by atoms with Gasteiger partial charge in [0.2, 0.25) is 0 Å². The molecule has 0 spiro atoms. The minimum Gasteiger partial charge on any atom is -0.481 e. The molecule has 1 aromatic rings. The molecule has 20 heavy (non-hydrogen) atoms.